The van der Waals surface area contributed by atoms with Crippen molar-refractivity contribution in [1.29, 1.82) is 0 Å². The van der Waals surface area contributed by atoms with Crippen molar-refractivity contribution in [3.05, 3.63) is 12.2 Å². The van der Waals surface area contributed by atoms with Gasteiger partial charge in [-0.15, -0.1) is 0 Å². The average Bonchev–Trinajstić information content (AvgIpc) is 2.80. The fourth-order valence-electron chi connectivity index (χ4n) is 2.41. The Bertz CT molecular complexity index is 293. The summed E-state index contributed by atoms with van der Waals surface area (Å²) < 4.78 is 5.05. The third-order valence-corrected chi connectivity index (χ3v) is 3.41. The molecule has 0 radical (unpaired) electrons. The average molecular weight is 224 g/mol. The van der Waals surface area contributed by atoms with Gasteiger partial charge in [-0.3, -0.25) is 4.90 Å². The Hall–Kier alpha value is -0.940. The predicted octanol–water partition coefficient (Wildman–Crippen LogP) is 1.16. The summed E-state index contributed by atoms with van der Waals surface area (Å²) in [5.41, 5.74) is 5.92. The molecule has 5 nitrogen and oxygen atoms in total. The summed E-state index contributed by atoms with van der Waals surface area (Å²) in [5, 5.41) is 3.63. The Morgan fingerprint density at radius 2 is 2.19 bits per heavy atom. The van der Waals surface area contributed by atoms with E-state index in [0.717, 1.165) is 25.9 Å². The number of hydrogen-bond acceptors (Lipinski definition) is 5. The first-order valence-corrected chi connectivity index (χ1v) is 6.04. The van der Waals surface area contributed by atoms with Gasteiger partial charge < -0.3 is 10.3 Å². The van der Waals surface area contributed by atoms with E-state index in [2.05, 4.69) is 22.0 Å². The van der Waals surface area contributed by atoms with Crippen molar-refractivity contribution in [1.82, 2.24) is 15.0 Å². The van der Waals surface area contributed by atoms with Gasteiger partial charge >= 0.3 is 0 Å². The zero-order valence-electron chi connectivity index (χ0n) is 9.80. The highest BCUT2D eigenvalue weighted by Gasteiger charge is 2.24. The van der Waals surface area contributed by atoms with Gasteiger partial charge in [-0.1, -0.05) is 12.1 Å². The summed E-state index contributed by atoms with van der Waals surface area (Å²) in [5.74, 6) is 0.705. The number of nitrogens with zero attached hydrogens (tertiary/aromatic N) is 3. The largest absolute Gasteiger partial charge is 0.338 e. The first-order chi connectivity index (χ1) is 7.79. The second-order valence-electron chi connectivity index (χ2n) is 4.47. The molecule has 0 amide bonds. The standard InChI is InChI=1S/C11H20N4O/c1-2-15(7-11-13-8-14-16-11)10-5-3-9(12)4-6-10/h8-10H,2-7,12H2,1H3. The van der Waals surface area contributed by atoms with E-state index in [0.29, 0.717) is 18.0 Å². The second kappa shape index (κ2) is 5.41. The molecule has 0 unspecified atom stereocenters. The van der Waals surface area contributed by atoms with Crippen LogP contribution in [0.5, 0.6) is 0 Å². The van der Waals surface area contributed by atoms with Gasteiger partial charge in [-0.05, 0) is 32.2 Å². The molecule has 1 aliphatic rings. The van der Waals surface area contributed by atoms with Crippen LogP contribution in [0.25, 0.3) is 0 Å². The second-order valence-corrected chi connectivity index (χ2v) is 4.47. The summed E-state index contributed by atoms with van der Waals surface area (Å²) in [6, 6.07) is 1.02. The van der Waals surface area contributed by atoms with Crippen molar-refractivity contribution in [3.8, 4) is 0 Å². The van der Waals surface area contributed by atoms with E-state index in [4.69, 9.17) is 10.3 Å². The third-order valence-electron chi connectivity index (χ3n) is 3.41. The lowest BCUT2D eigenvalue weighted by molar-refractivity contribution is 0.133. The van der Waals surface area contributed by atoms with Crippen molar-refractivity contribution in [2.75, 3.05) is 6.54 Å². The van der Waals surface area contributed by atoms with E-state index in [1.54, 1.807) is 0 Å². The molecular weight excluding hydrogens is 204 g/mol. The Morgan fingerprint density at radius 3 is 2.75 bits per heavy atom. The highest BCUT2D eigenvalue weighted by molar-refractivity contribution is 4.83. The molecule has 5 heteroatoms. The van der Waals surface area contributed by atoms with Crippen LogP contribution in [-0.4, -0.2) is 33.7 Å². The quantitative estimate of drug-likeness (QED) is 0.831. The van der Waals surface area contributed by atoms with Crippen LogP contribution in [0, 0.1) is 0 Å². The van der Waals surface area contributed by atoms with Crippen molar-refractivity contribution in [2.45, 2.75) is 51.2 Å². The number of aromatic nitrogens is 2. The third kappa shape index (κ3) is 2.80. The molecule has 0 spiro atoms. The summed E-state index contributed by atoms with van der Waals surface area (Å²) >= 11 is 0. The lowest BCUT2D eigenvalue weighted by Gasteiger charge is -2.34. The van der Waals surface area contributed by atoms with E-state index in [-0.39, 0.29) is 0 Å². The Labute approximate surface area is 96.0 Å². The molecule has 0 bridgehead atoms. The minimum absolute atomic E-state index is 0.401. The molecule has 16 heavy (non-hydrogen) atoms. The molecule has 1 saturated carbocycles. The maximum atomic E-state index is 5.92. The minimum Gasteiger partial charge on any atom is -0.338 e. The molecule has 0 atom stereocenters. The Morgan fingerprint density at radius 1 is 1.44 bits per heavy atom. The van der Waals surface area contributed by atoms with E-state index in [1.807, 2.05) is 0 Å². The molecule has 0 aromatic carbocycles. The lowest BCUT2D eigenvalue weighted by Crippen LogP contribution is -2.40. The van der Waals surface area contributed by atoms with Gasteiger partial charge in [0, 0.05) is 12.1 Å². The molecule has 1 aromatic heterocycles. The van der Waals surface area contributed by atoms with Gasteiger partial charge in [0.1, 0.15) is 0 Å². The topological polar surface area (TPSA) is 68.2 Å². The van der Waals surface area contributed by atoms with E-state index < -0.39 is 0 Å². The molecule has 0 aliphatic heterocycles. The van der Waals surface area contributed by atoms with Crippen LogP contribution in [0.3, 0.4) is 0 Å². The normalized spacial score (nSPS) is 26.2. The SMILES string of the molecule is CCN(Cc1ncno1)C1CCC(N)CC1. The highest BCUT2D eigenvalue weighted by Crippen LogP contribution is 2.22. The molecule has 90 valence electrons. The highest BCUT2D eigenvalue weighted by atomic mass is 16.5. The van der Waals surface area contributed by atoms with Gasteiger partial charge in [0.05, 0.1) is 6.54 Å². The van der Waals surface area contributed by atoms with E-state index in [9.17, 15) is 0 Å². The molecule has 1 aromatic rings. The molecule has 2 N–H and O–H groups in total. The molecule has 1 aliphatic carbocycles. The first-order valence-electron chi connectivity index (χ1n) is 6.04. The lowest BCUT2D eigenvalue weighted by atomic mass is 9.91. The van der Waals surface area contributed by atoms with Crippen LogP contribution in [0.15, 0.2) is 10.9 Å². The van der Waals surface area contributed by atoms with Crippen LogP contribution < -0.4 is 5.73 Å². The zero-order chi connectivity index (χ0) is 11.4. The maximum Gasteiger partial charge on any atom is 0.240 e. The van der Waals surface area contributed by atoms with Gasteiger partial charge in [0.15, 0.2) is 6.33 Å². The smallest absolute Gasteiger partial charge is 0.240 e. The number of hydrogen-bond donors (Lipinski definition) is 1. The zero-order valence-corrected chi connectivity index (χ0v) is 9.80. The fraction of sp³-hybridized carbons (Fsp3) is 0.818. The van der Waals surface area contributed by atoms with Crippen molar-refractivity contribution >= 4 is 0 Å². The van der Waals surface area contributed by atoms with Crippen LogP contribution in [0.1, 0.15) is 38.5 Å². The number of nitrogens with two attached hydrogens (primary N) is 1. The summed E-state index contributed by atoms with van der Waals surface area (Å²) in [6.45, 7) is 3.95. The van der Waals surface area contributed by atoms with Crippen LogP contribution >= 0.6 is 0 Å². The van der Waals surface area contributed by atoms with Gasteiger partial charge in [0.2, 0.25) is 5.89 Å². The Kier molecular flexibility index (Phi) is 3.90. The molecule has 1 heterocycles. The van der Waals surface area contributed by atoms with Gasteiger partial charge in [0.25, 0.3) is 0 Å². The van der Waals surface area contributed by atoms with Crippen molar-refractivity contribution in [3.63, 3.8) is 0 Å². The van der Waals surface area contributed by atoms with Crippen molar-refractivity contribution in [2.24, 2.45) is 5.73 Å². The molecule has 2 rings (SSSR count). The molecular formula is C11H20N4O. The van der Waals surface area contributed by atoms with Crippen molar-refractivity contribution < 1.29 is 4.52 Å². The minimum atomic E-state index is 0.401. The van der Waals surface area contributed by atoms with Crippen LogP contribution in [-0.2, 0) is 6.54 Å². The summed E-state index contributed by atoms with van der Waals surface area (Å²) in [4.78, 5) is 6.47. The fourth-order valence-corrected chi connectivity index (χ4v) is 2.41. The van der Waals surface area contributed by atoms with Crippen LogP contribution in [0.2, 0.25) is 0 Å². The van der Waals surface area contributed by atoms with Gasteiger partial charge in [-0.2, -0.15) is 4.98 Å². The molecule has 1 fully saturated rings. The summed E-state index contributed by atoms with van der Waals surface area (Å²) in [6.07, 6.45) is 6.09. The van der Waals surface area contributed by atoms with E-state index >= 15 is 0 Å². The predicted molar refractivity (Wildman–Crippen MR) is 60.6 cm³/mol. The maximum absolute atomic E-state index is 5.92. The molecule has 0 saturated heterocycles. The Balaban J connectivity index is 1.89. The monoisotopic (exact) mass is 224 g/mol. The van der Waals surface area contributed by atoms with Gasteiger partial charge in [-0.25, -0.2) is 0 Å². The number of rotatable bonds is 4. The van der Waals surface area contributed by atoms with Crippen LogP contribution in [0.4, 0.5) is 0 Å². The summed E-state index contributed by atoms with van der Waals surface area (Å²) in [7, 11) is 0. The first kappa shape index (κ1) is 11.5. The van der Waals surface area contributed by atoms with E-state index in [1.165, 1.54) is 19.2 Å².